The topological polar surface area (TPSA) is 127 Å². The molecule has 1 atom stereocenters. The average molecular weight is 425 g/mol. The van der Waals surface area contributed by atoms with Crippen LogP contribution < -0.4 is 21.7 Å². The summed E-state index contributed by atoms with van der Waals surface area (Å²) >= 11 is 0. The van der Waals surface area contributed by atoms with Crippen molar-refractivity contribution in [1.29, 1.82) is 0 Å². The lowest BCUT2D eigenvalue weighted by Crippen LogP contribution is -2.43. The van der Waals surface area contributed by atoms with Gasteiger partial charge in [0.25, 0.3) is 11.8 Å². The summed E-state index contributed by atoms with van der Waals surface area (Å²) in [6, 6.07) is 10.7. The van der Waals surface area contributed by atoms with Crippen LogP contribution in [0.5, 0.6) is 0 Å². The number of morpholine rings is 1. The number of piperidine rings is 1. The molecule has 0 aliphatic carbocycles. The van der Waals surface area contributed by atoms with Gasteiger partial charge >= 0.3 is 0 Å². The van der Waals surface area contributed by atoms with Crippen molar-refractivity contribution in [3.05, 3.63) is 47.5 Å². The third-order valence-corrected chi connectivity index (χ3v) is 5.62. The SMILES string of the molecule is NC(=O)c1ccc(N2CCC[C@@H](N)C2)nc1Nc1ccc(C(=O)N2CCOCC2)cc1. The van der Waals surface area contributed by atoms with E-state index in [0.29, 0.717) is 48.9 Å². The van der Waals surface area contributed by atoms with E-state index in [2.05, 4.69) is 15.2 Å². The first-order valence-electron chi connectivity index (χ1n) is 10.6. The zero-order chi connectivity index (χ0) is 21.8. The Balaban J connectivity index is 1.52. The third kappa shape index (κ3) is 4.95. The molecule has 2 aliphatic heterocycles. The van der Waals surface area contributed by atoms with Crippen molar-refractivity contribution in [2.45, 2.75) is 18.9 Å². The van der Waals surface area contributed by atoms with E-state index in [1.54, 1.807) is 41.3 Å². The maximum atomic E-state index is 12.6. The number of pyridine rings is 1. The predicted molar refractivity (Wildman–Crippen MR) is 119 cm³/mol. The minimum absolute atomic E-state index is 0.0192. The fourth-order valence-corrected chi connectivity index (χ4v) is 3.92. The zero-order valence-corrected chi connectivity index (χ0v) is 17.4. The highest BCUT2D eigenvalue weighted by Gasteiger charge is 2.21. The number of carbonyl (C=O) groups is 2. The molecule has 1 aromatic heterocycles. The molecule has 0 spiro atoms. The number of hydrogen-bond donors (Lipinski definition) is 3. The summed E-state index contributed by atoms with van der Waals surface area (Å²) in [7, 11) is 0. The van der Waals surface area contributed by atoms with Gasteiger partial charge in [-0.15, -0.1) is 0 Å². The first kappa shape index (κ1) is 21.1. The van der Waals surface area contributed by atoms with Gasteiger partial charge in [-0.1, -0.05) is 0 Å². The molecule has 31 heavy (non-hydrogen) atoms. The molecule has 3 heterocycles. The highest BCUT2D eigenvalue weighted by molar-refractivity contribution is 5.99. The molecule has 5 N–H and O–H groups in total. The van der Waals surface area contributed by atoms with Crippen molar-refractivity contribution in [2.24, 2.45) is 11.5 Å². The van der Waals surface area contributed by atoms with Gasteiger partial charge < -0.3 is 31.3 Å². The predicted octanol–water partition coefficient (Wildman–Crippen LogP) is 1.32. The number of rotatable bonds is 5. The van der Waals surface area contributed by atoms with Gasteiger partial charge in [-0.3, -0.25) is 9.59 Å². The van der Waals surface area contributed by atoms with Crippen molar-refractivity contribution >= 4 is 29.1 Å². The lowest BCUT2D eigenvalue weighted by molar-refractivity contribution is 0.0303. The number of primary amides is 1. The minimum Gasteiger partial charge on any atom is -0.378 e. The molecule has 1 aromatic carbocycles. The Morgan fingerprint density at radius 3 is 2.48 bits per heavy atom. The monoisotopic (exact) mass is 424 g/mol. The van der Waals surface area contributed by atoms with Crippen LogP contribution in [0.2, 0.25) is 0 Å². The first-order valence-corrected chi connectivity index (χ1v) is 10.6. The summed E-state index contributed by atoms with van der Waals surface area (Å²) in [6.07, 6.45) is 2.00. The second-order valence-corrected chi connectivity index (χ2v) is 7.89. The molecule has 2 aromatic rings. The quantitative estimate of drug-likeness (QED) is 0.661. The molecule has 0 saturated carbocycles. The van der Waals surface area contributed by atoms with Gasteiger partial charge in [-0.2, -0.15) is 0 Å². The Bertz CT molecular complexity index is 943. The highest BCUT2D eigenvalue weighted by atomic mass is 16.5. The van der Waals surface area contributed by atoms with Crippen LogP contribution in [-0.2, 0) is 4.74 Å². The van der Waals surface area contributed by atoms with Crippen molar-refractivity contribution in [3.63, 3.8) is 0 Å². The Labute approximate surface area is 181 Å². The maximum Gasteiger partial charge on any atom is 0.254 e. The number of nitrogens with zero attached hydrogens (tertiary/aromatic N) is 3. The molecular weight excluding hydrogens is 396 g/mol. The lowest BCUT2D eigenvalue weighted by Gasteiger charge is -2.32. The van der Waals surface area contributed by atoms with E-state index in [1.807, 2.05) is 0 Å². The molecule has 164 valence electrons. The number of benzene rings is 1. The van der Waals surface area contributed by atoms with Crippen LogP contribution in [0, 0.1) is 0 Å². The molecule has 4 rings (SSSR count). The van der Waals surface area contributed by atoms with Crippen LogP contribution in [0.4, 0.5) is 17.3 Å². The molecule has 2 aliphatic rings. The Kier molecular flexibility index (Phi) is 6.34. The van der Waals surface area contributed by atoms with Crippen LogP contribution in [0.25, 0.3) is 0 Å². The van der Waals surface area contributed by atoms with Crippen LogP contribution in [-0.4, -0.2) is 67.1 Å². The lowest BCUT2D eigenvalue weighted by atomic mass is 10.1. The fraction of sp³-hybridized carbons (Fsp3) is 0.409. The number of hydrogen-bond acceptors (Lipinski definition) is 7. The van der Waals surface area contributed by atoms with E-state index in [4.69, 9.17) is 16.2 Å². The van der Waals surface area contributed by atoms with Gasteiger partial charge in [0.05, 0.1) is 18.8 Å². The third-order valence-electron chi connectivity index (χ3n) is 5.62. The van der Waals surface area contributed by atoms with Gasteiger partial charge in [0.15, 0.2) is 0 Å². The number of carbonyl (C=O) groups excluding carboxylic acids is 2. The van der Waals surface area contributed by atoms with E-state index >= 15 is 0 Å². The Hall–Kier alpha value is -3.17. The summed E-state index contributed by atoms with van der Waals surface area (Å²) < 4.78 is 5.30. The van der Waals surface area contributed by atoms with Crippen LogP contribution in [0.15, 0.2) is 36.4 Å². The number of amides is 2. The van der Waals surface area contributed by atoms with E-state index in [-0.39, 0.29) is 11.9 Å². The fourth-order valence-electron chi connectivity index (χ4n) is 3.92. The molecule has 2 saturated heterocycles. The Morgan fingerprint density at radius 1 is 1.06 bits per heavy atom. The zero-order valence-electron chi connectivity index (χ0n) is 17.4. The summed E-state index contributed by atoms with van der Waals surface area (Å²) in [5.41, 5.74) is 13.3. The molecule has 0 bridgehead atoms. The number of ether oxygens (including phenoxy) is 1. The molecule has 9 nitrogen and oxygen atoms in total. The summed E-state index contributed by atoms with van der Waals surface area (Å²) in [5.74, 6) is 0.559. The molecule has 2 amide bonds. The highest BCUT2D eigenvalue weighted by Crippen LogP contribution is 2.25. The second kappa shape index (κ2) is 9.32. The average Bonchev–Trinajstić information content (AvgIpc) is 2.79. The van der Waals surface area contributed by atoms with E-state index in [9.17, 15) is 9.59 Å². The number of nitrogens with one attached hydrogen (secondary N) is 1. The molecular formula is C22H28N6O3. The smallest absolute Gasteiger partial charge is 0.254 e. The number of aromatic nitrogens is 1. The Morgan fingerprint density at radius 2 is 1.81 bits per heavy atom. The largest absolute Gasteiger partial charge is 0.378 e. The summed E-state index contributed by atoms with van der Waals surface area (Å²) in [4.78, 5) is 33.1. The summed E-state index contributed by atoms with van der Waals surface area (Å²) in [6.45, 7) is 3.90. The van der Waals surface area contributed by atoms with Crippen LogP contribution in [0.1, 0.15) is 33.6 Å². The molecule has 0 radical (unpaired) electrons. The minimum atomic E-state index is -0.559. The van der Waals surface area contributed by atoms with Crippen LogP contribution >= 0.6 is 0 Å². The van der Waals surface area contributed by atoms with E-state index < -0.39 is 5.91 Å². The normalized spacial score (nSPS) is 19.2. The van der Waals surface area contributed by atoms with Crippen molar-refractivity contribution < 1.29 is 14.3 Å². The van der Waals surface area contributed by atoms with Gasteiger partial charge in [0, 0.05) is 43.5 Å². The van der Waals surface area contributed by atoms with Gasteiger partial charge in [0.1, 0.15) is 11.6 Å². The van der Waals surface area contributed by atoms with Crippen molar-refractivity contribution in [1.82, 2.24) is 9.88 Å². The van der Waals surface area contributed by atoms with E-state index in [1.165, 1.54) is 0 Å². The number of nitrogens with two attached hydrogens (primary N) is 2. The number of anilines is 3. The van der Waals surface area contributed by atoms with Gasteiger partial charge in [-0.05, 0) is 49.2 Å². The summed E-state index contributed by atoms with van der Waals surface area (Å²) in [5, 5.41) is 3.18. The standard InChI is InChI=1S/C22H28N6O3/c23-16-2-1-9-28(14-16)19-8-7-18(20(24)29)21(26-19)25-17-5-3-15(4-6-17)22(30)27-10-12-31-13-11-27/h3-8,16H,1-2,9-14,23H2,(H2,24,29)(H,25,26)/t16-/m1/s1. The van der Waals surface area contributed by atoms with Crippen molar-refractivity contribution in [2.75, 3.05) is 49.6 Å². The molecule has 0 unspecified atom stereocenters. The second-order valence-electron chi connectivity index (χ2n) is 7.89. The molecule has 2 fully saturated rings. The van der Waals surface area contributed by atoms with Crippen molar-refractivity contribution in [3.8, 4) is 0 Å². The van der Waals surface area contributed by atoms with E-state index in [0.717, 1.165) is 31.7 Å². The van der Waals surface area contributed by atoms with Gasteiger partial charge in [-0.25, -0.2) is 4.98 Å². The molecule has 9 heteroatoms. The van der Waals surface area contributed by atoms with Crippen LogP contribution in [0.3, 0.4) is 0 Å². The van der Waals surface area contributed by atoms with Gasteiger partial charge in [0.2, 0.25) is 0 Å². The first-order chi connectivity index (χ1) is 15.0. The maximum absolute atomic E-state index is 12.6.